The molecule has 2 heterocycles. The molecule has 0 aliphatic carbocycles. The largest absolute Gasteiger partial charge is 0.316 e. The first-order valence-corrected chi connectivity index (χ1v) is 6.09. The molecule has 0 aromatic carbocycles. The molecule has 17 heavy (non-hydrogen) atoms. The monoisotopic (exact) mass is 255 g/mol. The second kappa shape index (κ2) is 6.94. The lowest BCUT2D eigenvalue weighted by atomic mass is 10.1. The van der Waals surface area contributed by atoms with Gasteiger partial charge in [0.2, 0.25) is 0 Å². The third kappa shape index (κ3) is 3.95. The Kier molecular flexibility index (Phi) is 5.89. The molecule has 1 aromatic rings. The first-order valence-electron chi connectivity index (χ1n) is 6.09. The van der Waals surface area contributed by atoms with Gasteiger partial charge in [0, 0.05) is 18.8 Å². The topological polar surface area (TPSA) is 28.2 Å². The summed E-state index contributed by atoms with van der Waals surface area (Å²) in [5, 5.41) is 3.41. The van der Waals surface area contributed by atoms with Gasteiger partial charge >= 0.3 is 0 Å². The van der Waals surface area contributed by atoms with Gasteiger partial charge < -0.3 is 5.32 Å². The number of rotatable bonds is 4. The third-order valence-corrected chi connectivity index (χ3v) is 3.49. The van der Waals surface area contributed by atoms with Crippen molar-refractivity contribution in [2.75, 3.05) is 26.7 Å². The van der Waals surface area contributed by atoms with Crippen molar-refractivity contribution < 1.29 is 0 Å². The van der Waals surface area contributed by atoms with Crippen molar-refractivity contribution >= 4 is 12.4 Å². The predicted molar refractivity (Wildman–Crippen MR) is 73.5 cm³/mol. The van der Waals surface area contributed by atoms with E-state index in [0.717, 1.165) is 18.2 Å². The third-order valence-electron chi connectivity index (χ3n) is 3.49. The van der Waals surface area contributed by atoms with Crippen LogP contribution in [0.4, 0.5) is 0 Å². The van der Waals surface area contributed by atoms with Gasteiger partial charge in [0.1, 0.15) is 0 Å². The second-order valence-electron chi connectivity index (χ2n) is 4.73. The fourth-order valence-corrected chi connectivity index (χ4v) is 2.28. The summed E-state index contributed by atoms with van der Waals surface area (Å²) in [6, 6.07) is 6.54. The predicted octanol–water partition coefficient (Wildman–Crippen LogP) is 2.11. The highest BCUT2D eigenvalue weighted by Crippen LogP contribution is 2.19. The molecule has 0 amide bonds. The SMILES string of the molecule is CC(c1ccccn1)N(C)CC1CCNC1.Cl. The molecular formula is C13H22ClN3. The average Bonchev–Trinajstić information content (AvgIpc) is 2.82. The van der Waals surface area contributed by atoms with Crippen molar-refractivity contribution in [2.24, 2.45) is 5.92 Å². The molecule has 1 aromatic heterocycles. The minimum absolute atomic E-state index is 0. The first-order chi connectivity index (χ1) is 7.77. The summed E-state index contributed by atoms with van der Waals surface area (Å²) in [5.41, 5.74) is 1.16. The first kappa shape index (κ1) is 14.4. The number of aromatic nitrogens is 1. The number of hydrogen-bond donors (Lipinski definition) is 1. The van der Waals surface area contributed by atoms with Gasteiger partial charge in [-0.2, -0.15) is 0 Å². The Labute approximate surface area is 110 Å². The summed E-state index contributed by atoms with van der Waals surface area (Å²) >= 11 is 0. The zero-order valence-corrected chi connectivity index (χ0v) is 11.4. The van der Waals surface area contributed by atoms with Crippen LogP contribution in [-0.2, 0) is 0 Å². The zero-order chi connectivity index (χ0) is 11.4. The molecule has 0 radical (unpaired) electrons. The number of hydrogen-bond acceptors (Lipinski definition) is 3. The molecule has 1 aliphatic rings. The Morgan fingerprint density at radius 3 is 2.94 bits per heavy atom. The van der Waals surface area contributed by atoms with Crippen LogP contribution in [0.25, 0.3) is 0 Å². The highest BCUT2D eigenvalue weighted by Gasteiger charge is 2.20. The molecule has 0 spiro atoms. The van der Waals surface area contributed by atoms with Crippen molar-refractivity contribution in [3.63, 3.8) is 0 Å². The molecule has 1 saturated heterocycles. The van der Waals surface area contributed by atoms with E-state index in [4.69, 9.17) is 0 Å². The van der Waals surface area contributed by atoms with E-state index in [0.29, 0.717) is 6.04 Å². The van der Waals surface area contributed by atoms with Crippen LogP contribution in [-0.4, -0.2) is 36.6 Å². The van der Waals surface area contributed by atoms with Gasteiger partial charge in [0.05, 0.1) is 5.69 Å². The average molecular weight is 256 g/mol. The molecule has 1 N–H and O–H groups in total. The van der Waals surface area contributed by atoms with Gasteiger partial charge in [-0.05, 0) is 51.5 Å². The van der Waals surface area contributed by atoms with Gasteiger partial charge in [-0.25, -0.2) is 0 Å². The van der Waals surface area contributed by atoms with E-state index in [1.807, 2.05) is 12.3 Å². The van der Waals surface area contributed by atoms with Crippen LogP contribution in [0.1, 0.15) is 25.1 Å². The smallest absolute Gasteiger partial charge is 0.0572 e. The van der Waals surface area contributed by atoms with Crippen molar-refractivity contribution in [3.8, 4) is 0 Å². The number of pyridine rings is 1. The highest BCUT2D eigenvalue weighted by molar-refractivity contribution is 5.85. The van der Waals surface area contributed by atoms with Gasteiger partial charge in [0.15, 0.2) is 0 Å². The highest BCUT2D eigenvalue weighted by atomic mass is 35.5. The second-order valence-corrected chi connectivity index (χ2v) is 4.73. The van der Waals surface area contributed by atoms with Gasteiger partial charge in [-0.15, -0.1) is 12.4 Å². The summed E-state index contributed by atoms with van der Waals surface area (Å²) in [4.78, 5) is 6.82. The molecule has 2 unspecified atom stereocenters. The van der Waals surface area contributed by atoms with Crippen LogP contribution < -0.4 is 5.32 Å². The molecule has 0 bridgehead atoms. The summed E-state index contributed by atoms with van der Waals surface area (Å²) < 4.78 is 0. The van der Waals surface area contributed by atoms with E-state index in [-0.39, 0.29) is 12.4 Å². The maximum absolute atomic E-state index is 4.42. The Hall–Kier alpha value is -0.640. The summed E-state index contributed by atoms with van der Waals surface area (Å²) in [6.07, 6.45) is 3.18. The fourth-order valence-electron chi connectivity index (χ4n) is 2.28. The van der Waals surface area contributed by atoms with Crippen LogP contribution in [0, 0.1) is 5.92 Å². The van der Waals surface area contributed by atoms with Gasteiger partial charge in [-0.3, -0.25) is 9.88 Å². The molecular weight excluding hydrogens is 234 g/mol. The molecule has 0 saturated carbocycles. The van der Waals surface area contributed by atoms with E-state index >= 15 is 0 Å². The van der Waals surface area contributed by atoms with Crippen molar-refractivity contribution in [1.29, 1.82) is 0 Å². The maximum atomic E-state index is 4.42. The van der Waals surface area contributed by atoms with E-state index in [9.17, 15) is 0 Å². The summed E-state index contributed by atoms with van der Waals surface area (Å²) in [6.45, 7) is 5.73. The Morgan fingerprint density at radius 1 is 1.53 bits per heavy atom. The molecule has 2 rings (SSSR count). The van der Waals surface area contributed by atoms with Crippen LogP contribution in [0.15, 0.2) is 24.4 Å². The molecule has 96 valence electrons. The number of nitrogens with zero attached hydrogens (tertiary/aromatic N) is 2. The minimum Gasteiger partial charge on any atom is -0.316 e. The number of nitrogens with one attached hydrogen (secondary N) is 1. The minimum atomic E-state index is 0. The normalized spacial score (nSPS) is 21.2. The molecule has 2 atom stereocenters. The standard InChI is InChI=1S/C13H21N3.ClH/c1-11(13-5-3-4-7-15-13)16(2)10-12-6-8-14-9-12;/h3-5,7,11-12,14H,6,8-10H2,1-2H3;1H. The van der Waals surface area contributed by atoms with Crippen molar-refractivity contribution in [3.05, 3.63) is 30.1 Å². The molecule has 1 aliphatic heterocycles. The van der Waals surface area contributed by atoms with Crippen LogP contribution >= 0.6 is 12.4 Å². The fraction of sp³-hybridized carbons (Fsp3) is 0.615. The van der Waals surface area contributed by atoms with Gasteiger partial charge in [0.25, 0.3) is 0 Å². The summed E-state index contributed by atoms with van der Waals surface area (Å²) in [7, 11) is 2.19. The van der Waals surface area contributed by atoms with E-state index < -0.39 is 0 Å². The van der Waals surface area contributed by atoms with Crippen LogP contribution in [0.5, 0.6) is 0 Å². The lowest BCUT2D eigenvalue weighted by Gasteiger charge is -2.26. The van der Waals surface area contributed by atoms with E-state index in [1.165, 1.54) is 19.5 Å². The Morgan fingerprint density at radius 2 is 2.35 bits per heavy atom. The lowest BCUT2D eigenvalue weighted by molar-refractivity contribution is 0.223. The van der Waals surface area contributed by atoms with E-state index in [2.05, 4.69) is 41.3 Å². The Balaban J connectivity index is 0.00000144. The molecule has 1 fully saturated rings. The van der Waals surface area contributed by atoms with Crippen molar-refractivity contribution in [2.45, 2.75) is 19.4 Å². The molecule has 3 nitrogen and oxygen atoms in total. The van der Waals surface area contributed by atoms with Crippen molar-refractivity contribution in [1.82, 2.24) is 15.2 Å². The Bertz CT molecular complexity index is 312. The zero-order valence-electron chi connectivity index (χ0n) is 10.6. The summed E-state index contributed by atoms with van der Waals surface area (Å²) in [5.74, 6) is 0.802. The van der Waals surface area contributed by atoms with Crippen LogP contribution in [0.3, 0.4) is 0 Å². The quantitative estimate of drug-likeness (QED) is 0.893. The molecule has 4 heteroatoms. The number of halogens is 1. The van der Waals surface area contributed by atoms with Gasteiger partial charge in [-0.1, -0.05) is 6.07 Å². The maximum Gasteiger partial charge on any atom is 0.0572 e. The van der Waals surface area contributed by atoms with Crippen LogP contribution in [0.2, 0.25) is 0 Å². The lowest BCUT2D eigenvalue weighted by Crippen LogP contribution is -2.29. The van der Waals surface area contributed by atoms with E-state index in [1.54, 1.807) is 0 Å².